The summed E-state index contributed by atoms with van der Waals surface area (Å²) < 4.78 is 35.7. The van der Waals surface area contributed by atoms with Crippen LogP contribution in [0.5, 0.6) is 11.5 Å². The molecule has 0 N–H and O–H groups in total. The van der Waals surface area contributed by atoms with Gasteiger partial charge in [-0.3, -0.25) is 4.79 Å². The zero-order valence-corrected chi connectivity index (χ0v) is 16.9. The van der Waals surface area contributed by atoms with Crippen molar-refractivity contribution in [3.63, 3.8) is 0 Å². The second kappa shape index (κ2) is 11.2. The van der Waals surface area contributed by atoms with E-state index < -0.39 is 6.43 Å². The lowest BCUT2D eigenvalue weighted by atomic mass is 10.2. The lowest BCUT2D eigenvalue weighted by Gasteiger charge is -2.36. The molecule has 0 aromatic heterocycles. The van der Waals surface area contributed by atoms with Gasteiger partial charge in [0.05, 0.1) is 14.2 Å². The lowest BCUT2D eigenvalue weighted by molar-refractivity contribution is -0.131. The third kappa shape index (κ3) is 6.34. The van der Waals surface area contributed by atoms with Crippen LogP contribution >= 0.6 is 0 Å². The van der Waals surface area contributed by atoms with E-state index in [0.717, 1.165) is 24.9 Å². The molecule has 29 heavy (non-hydrogen) atoms. The van der Waals surface area contributed by atoms with Crippen LogP contribution in [0.4, 0.5) is 14.5 Å². The van der Waals surface area contributed by atoms with Crippen LogP contribution in [0.25, 0.3) is 0 Å². The second-order valence-electron chi connectivity index (χ2n) is 6.55. The number of benzene rings is 1. The van der Waals surface area contributed by atoms with Crippen molar-refractivity contribution in [1.29, 1.82) is 0 Å². The Labute approximate surface area is 170 Å². The van der Waals surface area contributed by atoms with Gasteiger partial charge in [-0.05, 0) is 18.6 Å². The summed E-state index contributed by atoms with van der Waals surface area (Å²) in [7, 11) is 3.21. The highest BCUT2D eigenvalue weighted by Crippen LogP contribution is 2.31. The van der Waals surface area contributed by atoms with E-state index >= 15 is 0 Å². The lowest BCUT2D eigenvalue weighted by Crippen LogP contribution is -2.48. The number of anilines is 1. The molecule has 1 aliphatic heterocycles. The predicted octanol–water partition coefficient (Wildman–Crippen LogP) is 4.07. The number of carbonyl (C=O) groups is 1. The van der Waals surface area contributed by atoms with Crippen molar-refractivity contribution < 1.29 is 23.0 Å². The number of halogens is 2. The Morgan fingerprint density at radius 1 is 1.17 bits per heavy atom. The van der Waals surface area contributed by atoms with Crippen molar-refractivity contribution in [3.8, 4) is 11.5 Å². The zero-order valence-electron chi connectivity index (χ0n) is 16.9. The van der Waals surface area contributed by atoms with E-state index in [1.165, 1.54) is 6.08 Å². The summed E-state index contributed by atoms with van der Waals surface area (Å²) in [5, 5.41) is 0. The Hall–Kier alpha value is -2.83. The molecule has 1 aromatic carbocycles. The molecular weight excluding hydrogens is 378 g/mol. The first kappa shape index (κ1) is 22.5. The van der Waals surface area contributed by atoms with E-state index in [9.17, 15) is 13.6 Å². The van der Waals surface area contributed by atoms with Crippen LogP contribution in [0.15, 0.2) is 54.7 Å². The Morgan fingerprint density at radius 2 is 1.86 bits per heavy atom. The fraction of sp³-hybridized carbons (Fsp3) is 0.409. The topological polar surface area (TPSA) is 42.0 Å². The number of nitrogens with zero attached hydrogens (tertiary/aromatic N) is 2. The molecule has 0 spiro atoms. The molecule has 0 bridgehead atoms. The average Bonchev–Trinajstić information content (AvgIpc) is 2.75. The molecule has 0 saturated carbocycles. The minimum atomic E-state index is -2.54. The summed E-state index contributed by atoms with van der Waals surface area (Å²) in [5.74, 6) is 1.43. The molecule has 0 aliphatic carbocycles. The Morgan fingerprint density at radius 3 is 2.45 bits per heavy atom. The van der Waals surface area contributed by atoms with E-state index in [1.54, 1.807) is 26.4 Å². The second-order valence-corrected chi connectivity index (χ2v) is 6.55. The minimum absolute atomic E-state index is 0.0726. The van der Waals surface area contributed by atoms with E-state index in [0.29, 0.717) is 37.4 Å². The summed E-state index contributed by atoms with van der Waals surface area (Å²) in [6, 6.07) is 5.79. The quantitative estimate of drug-likeness (QED) is 0.580. The fourth-order valence-electron chi connectivity index (χ4n) is 3.11. The Kier molecular flexibility index (Phi) is 8.70. The number of hydrogen-bond donors (Lipinski definition) is 0. The maximum atomic E-state index is 12.6. The van der Waals surface area contributed by atoms with Crippen LogP contribution in [-0.2, 0) is 4.79 Å². The minimum Gasteiger partial charge on any atom is -0.493 e. The third-order valence-corrected chi connectivity index (χ3v) is 4.80. The number of piperazine rings is 1. The molecule has 2 rings (SSSR count). The Balaban J connectivity index is 1.81. The number of ether oxygens (including phenoxy) is 2. The molecule has 158 valence electrons. The van der Waals surface area contributed by atoms with Crippen LogP contribution in [0.3, 0.4) is 0 Å². The van der Waals surface area contributed by atoms with E-state index in [4.69, 9.17) is 9.47 Å². The molecule has 1 aliphatic rings. The monoisotopic (exact) mass is 406 g/mol. The van der Waals surface area contributed by atoms with Gasteiger partial charge in [0.1, 0.15) is 0 Å². The number of allylic oxidation sites excluding steroid dienone is 5. The normalized spacial score (nSPS) is 15.1. The highest BCUT2D eigenvalue weighted by atomic mass is 19.3. The molecule has 1 heterocycles. The van der Waals surface area contributed by atoms with Crippen molar-refractivity contribution in [2.75, 3.05) is 45.3 Å². The zero-order chi connectivity index (χ0) is 21.2. The first-order chi connectivity index (χ1) is 14.0. The van der Waals surface area contributed by atoms with E-state index in [2.05, 4.69) is 11.5 Å². The summed E-state index contributed by atoms with van der Waals surface area (Å²) in [6.45, 7) is 6.11. The molecule has 0 atom stereocenters. The van der Waals surface area contributed by atoms with Crippen molar-refractivity contribution in [2.45, 2.75) is 19.3 Å². The molecule has 0 radical (unpaired) electrons. The molecule has 7 heteroatoms. The molecule has 1 saturated heterocycles. The van der Waals surface area contributed by atoms with Gasteiger partial charge in [-0.25, -0.2) is 8.78 Å². The van der Waals surface area contributed by atoms with E-state index in [-0.39, 0.29) is 11.5 Å². The molecule has 1 aromatic rings. The smallest absolute Gasteiger partial charge is 0.263 e. The summed E-state index contributed by atoms with van der Waals surface area (Å²) in [4.78, 5) is 16.4. The van der Waals surface area contributed by atoms with Crippen LogP contribution in [0, 0.1) is 0 Å². The van der Waals surface area contributed by atoms with Crippen molar-refractivity contribution in [1.82, 2.24) is 4.90 Å². The SMILES string of the molecule is C=CC(=CC=CCCC(=O)N1CCN(c2ccc(OC)c(OC)c2)CC1)C(F)F. The summed E-state index contributed by atoms with van der Waals surface area (Å²) >= 11 is 0. The maximum absolute atomic E-state index is 12.6. The molecule has 0 unspecified atom stereocenters. The molecule has 5 nitrogen and oxygen atoms in total. The number of rotatable bonds is 9. The van der Waals surface area contributed by atoms with Gasteiger partial charge in [0.2, 0.25) is 5.91 Å². The third-order valence-electron chi connectivity index (χ3n) is 4.80. The highest BCUT2D eigenvalue weighted by Gasteiger charge is 2.21. The number of hydrogen-bond acceptors (Lipinski definition) is 4. The molecule has 1 amide bonds. The van der Waals surface area contributed by atoms with Crippen LogP contribution in [0.1, 0.15) is 12.8 Å². The van der Waals surface area contributed by atoms with Crippen LogP contribution in [-0.4, -0.2) is 57.6 Å². The first-order valence-electron chi connectivity index (χ1n) is 9.52. The van der Waals surface area contributed by atoms with Gasteiger partial charge in [0.25, 0.3) is 6.43 Å². The predicted molar refractivity (Wildman–Crippen MR) is 111 cm³/mol. The maximum Gasteiger partial charge on any atom is 0.263 e. The van der Waals surface area contributed by atoms with Gasteiger partial charge in [-0.2, -0.15) is 0 Å². The summed E-state index contributed by atoms with van der Waals surface area (Å²) in [6.07, 6.45) is 4.07. The molecule has 1 fully saturated rings. The van der Waals surface area contributed by atoms with Crippen molar-refractivity contribution in [2.24, 2.45) is 0 Å². The standard InChI is InChI=1S/C22H28F2N2O3/c1-4-17(22(23)24)8-6-5-7-9-21(27)26-14-12-25(13-15-26)18-10-11-19(28-2)20(16-18)29-3/h4-6,8,10-11,16,22H,1,7,9,12-15H2,2-3H3. The fourth-order valence-corrected chi connectivity index (χ4v) is 3.11. The van der Waals surface area contributed by atoms with Gasteiger partial charge in [-0.15, -0.1) is 0 Å². The average molecular weight is 406 g/mol. The number of amides is 1. The number of methoxy groups -OCH3 is 2. The van der Waals surface area contributed by atoms with Gasteiger partial charge in [0, 0.05) is 49.9 Å². The van der Waals surface area contributed by atoms with Crippen molar-refractivity contribution >= 4 is 11.6 Å². The van der Waals surface area contributed by atoms with Gasteiger partial charge in [-0.1, -0.05) is 30.9 Å². The number of alkyl halides is 2. The van der Waals surface area contributed by atoms with Crippen LogP contribution in [0.2, 0.25) is 0 Å². The number of carbonyl (C=O) groups excluding carboxylic acids is 1. The Bertz CT molecular complexity index is 754. The summed E-state index contributed by atoms with van der Waals surface area (Å²) in [5.41, 5.74) is 0.903. The highest BCUT2D eigenvalue weighted by molar-refractivity contribution is 5.76. The van der Waals surface area contributed by atoms with Gasteiger partial charge >= 0.3 is 0 Å². The van der Waals surface area contributed by atoms with E-state index in [1.807, 2.05) is 23.1 Å². The van der Waals surface area contributed by atoms with Crippen LogP contribution < -0.4 is 14.4 Å². The largest absolute Gasteiger partial charge is 0.493 e. The van der Waals surface area contributed by atoms with Gasteiger partial charge < -0.3 is 19.3 Å². The first-order valence-corrected chi connectivity index (χ1v) is 9.52. The van der Waals surface area contributed by atoms with Gasteiger partial charge in [0.15, 0.2) is 11.5 Å². The molecular formula is C22H28F2N2O3. The van der Waals surface area contributed by atoms with Crippen molar-refractivity contribution in [3.05, 3.63) is 54.7 Å².